The smallest absolute Gasteiger partial charge is 0.241 e. The third-order valence-electron chi connectivity index (χ3n) is 1.43. The van der Waals surface area contributed by atoms with Crippen molar-refractivity contribution in [2.75, 3.05) is 7.05 Å². The molecule has 0 aromatic carbocycles. The largest absolute Gasteiger partial charge is 0.263 e. The van der Waals surface area contributed by atoms with E-state index >= 15 is 0 Å². The number of hydrogen-bond donors (Lipinski definition) is 1. The molecule has 0 aliphatic carbocycles. The lowest BCUT2D eigenvalue weighted by Crippen LogP contribution is -2.18. The molecular formula is C7H10N2O2S. The van der Waals surface area contributed by atoms with E-state index in [2.05, 4.69) is 9.71 Å². The van der Waals surface area contributed by atoms with Crippen molar-refractivity contribution in [3.05, 3.63) is 24.0 Å². The summed E-state index contributed by atoms with van der Waals surface area (Å²) in [4.78, 5) is 3.98. The Bertz CT molecular complexity index is 373. The fourth-order valence-corrected chi connectivity index (χ4v) is 1.57. The van der Waals surface area contributed by atoms with Crippen molar-refractivity contribution in [2.24, 2.45) is 0 Å². The van der Waals surface area contributed by atoms with Gasteiger partial charge in [-0.05, 0) is 25.6 Å². The van der Waals surface area contributed by atoms with Crippen molar-refractivity contribution < 1.29 is 8.42 Å². The van der Waals surface area contributed by atoms with Crippen LogP contribution in [0.3, 0.4) is 0 Å². The van der Waals surface area contributed by atoms with Crippen LogP contribution in [0, 0.1) is 6.92 Å². The fraction of sp³-hybridized carbons (Fsp3) is 0.286. The van der Waals surface area contributed by atoms with Gasteiger partial charge in [0.05, 0.1) is 0 Å². The van der Waals surface area contributed by atoms with Crippen molar-refractivity contribution >= 4 is 10.0 Å². The average molecular weight is 186 g/mol. The van der Waals surface area contributed by atoms with Gasteiger partial charge in [0.1, 0.15) is 4.90 Å². The van der Waals surface area contributed by atoms with Gasteiger partial charge in [-0.15, -0.1) is 0 Å². The third kappa shape index (κ3) is 1.80. The highest BCUT2D eigenvalue weighted by Gasteiger charge is 2.10. The molecule has 1 aromatic heterocycles. The number of aromatic nitrogens is 1. The maximum absolute atomic E-state index is 11.2. The van der Waals surface area contributed by atoms with Crippen LogP contribution in [0.5, 0.6) is 0 Å². The number of sulfonamides is 1. The first-order valence-electron chi connectivity index (χ1n) is 3.41. The van der Waals surface area contributed by atoms with Gasteiger partial charge in [-0.25, -0.2) is 13.1 Å². The Balaban J connectivity index is 3.21. The predicted octanol–water partition coefficient (Wildman–Crippen LogP) is 0.298. The summed E-state index contributed by atoms with van der Waals surface area (Å²) in [6.45, 7) is 1.79. The van der Waals surface area contributed by atoms with Gasteiger partial charge in [-0.2, -0.15) is 0 Å². The van der Waals surface area contributed by atoms with Crippen molar-refractivity contribution in [3.8, 4) is 0 Å². The standard InChI is InChI=1S/C7H10N2O2S/c1-6-3-7(5-9-4-6)12(10,11)8-2/h3-5,8H,1-2H3. The average Bonchev–Trinajstić information content (AvgIpc) is 2.05. The quantitative estimate of drug-likeness (QED) is 0.722. The lowest BCUT2D eigenvalue weighted by molar-refractivity contribution is 0.587. The van der Waals surface area contributed by atoms with E-state index in [4.69, 9.17) is 0 Å². The molecule has 1 N–H and O–H groups in total. The molecule has 0 fully saturated rings. The number of rotatable bonds is 2. The topological polar surface area (TPSA) is 59.1 Å². The molecule has 0 unspecified atom stereocenters. The second-order valence-electron chi connectivity index (χ2n) is 2.41. The molecule has 0 spiro atoms. The van der Waals surface area contributed by atoms with Crippen LogP contribution in [0.15, 0.2) is 23.4 Å². The zero-order valence-electron chi connectivity index (χ0n) is 6.90. The van der Waals surface area contributed by atoms with E-state index in [0.717, 1.165) is 5.56 Å². The monoisotopic (exact) mass is 186 g/mol. The number of hydrogen-bond acceptors (Lipinski definition) is 3. The van der Waals surface area contributed by atoms with Gasteiger partial charge in [-0.1, -0.05) is 0 Å². The van der Waals surface area contributed by atoms with Crippen LogP contribution in [0.25, 0.3) is 0 Å². The second kappa shape index (κ2) is 3.20. The molecule has 0 atom stereocenters. The fourth-order valence-electron chi connectivity index (χ4n) is 0.792. The molecule has 0 saturated heterocycles. The minimum absolute atomic E-state index is 0.199. The highest BCUT2D eigenvalue weighted by Crippen LogP contribution is 2.07. The molecule has 5 heteroatoms. The summed E-state index contributed by atoms with van der Waals surface area (Å²) in [7, 11) is -1.96. The SMILES string of the molecule is CNS(=O)(=O)c1cncc(C)c1. The summed E-state index contributed by atoms with van der Waals surface area (Å²) in [6, 6.07) is 1.57. The summed E-state index contributed by atoms with van der Waals surface area (Å²) >= 11 is 0. The highest BCUT2D eigenvalue weighted by molar-refractivity contribution is 7.89. The molecule has 0 bridgehead atoms. The van der Waals surface area contributed by atoms with Crippen LogP contribution in [0.2, 0.25) is 0 Å². The van der Waals surface area contributed by atoms with Gasteiger partial charge in [0.15, 0.2) is 0 Å². The Kier molecular flexibility index (Phi) is 2.44. The van der Waals surface area contributed by atoms with E-state index < -0.39 is 10.0 Å². The van der Waals surface area contributed by atoms with E-state index in [1.165, 1.54) is 13.2 Å². The Morgan fingerprint density at radius 3 is 2.58 bits per heavy atom. The molecule has 4 nitrogen and oxygen atoms in total. The Morgan fingerprint density at radius 1 is 1.42 bits per heavy atom. The van der Waals surface area contributed by atoms with E-state index in [9.17, 15) is 8.42 Å². The van der Waals surface area contributed by atoms with Crippen LogP contribution < -0.4 is 4.72 Å². The van der Waals surface area contributed by atoms with Crippen LogP contribution in [-0.2, 0) is 10.0 Å². The van der Waals surface area contributed by atoms with Gasteiger partial charge in [0.2, 0.25) is 10.0 Å². The van der Waals surface area contributed by atoms with E-state index in [-0.39, 0.29) is 4.90 Å². The molecule has 12 heavy (non-hydrogen) atoms. The molecule has 0 radical (unpaired) electrons. The summed E-state index contributed by atoms with van der Waals surface area (Å²) in [5, 5.41) is 0. The Hall–Kier alpha value is -0.940. The highest BCUT2D eigenvalue weighted by atomic mass is 32.2. The molecule has 66 valence electrons. The first kappa shape index (κ1) is 9.15. The molecule has 0 aliphatic rings. The first-order chi connectivity index (χ1) is 5.56. The van der Waals surface area contributed by atoms with Crippen molar-refractivity contribution in [1.29, 1.82) is 0 Å². The van der Waals surface area contributed by atoms with E-state index in [1.54, 1.807) is 19.2 Å². The van der Waals surface area contributed by atoms with Crippen LogP contribution in [0.4, 0.5) is 0 Å². The van der Waals surface area contributed by atoms with Gasteiger partial charge in [-0.3, -0.25) is 4.98 Å². The molecule has 1 rings (SSSR count). The second-order valence-corrected chi connectivity index (χ2v) is 4.29. The third-order valence-corrected chi connectivity index (χ3v) is 2.81. The lowest BCUT2D eigenvalue weighted by Gasteiger charge is -2.01. The maximum Gasteiger partial charge on any atom is 0.241 e. The number of nitrogens with one attached hydrogen (secondary N) is 1. The van der Waals surface area contributed by atoms with E-state index in [0.29, 0.717) is 0 Å². The van der Waals surface area contributed by atoms with Gasteiger partial charge in [0, 0.05) is 12.4 Å². The van der Waals surface area contributed by atoms with E-state index in [1.807, 2.05) is 0 Å². The summed E-state index contributed by atoms with van der Waals surface area (Å²) in [6.07, 6.45) is 2.92. The molecular weight excluding hydrogens is 176 g/mol. The van der Waals surface area contributed by atoms with Gasteiger partial charge in [0.25, 0.3) is 0 Å². The van der Waals surface area contributed by atoms with Crippen LogP contribution >= 0.6 is 0 Å². The van der Waals surface area contributed by atoms with Crippen molar-refractivity contribution in [1.82, 2.24) is 9.71 Å². The minimum Gasteiger partial charge on any atom is -0.263 e. The molecule has 1 heterocycles. The Labute approximate surface area is 71.7 Å². The zero-order chi connectivity index (χ0) is 9.19. The van der Waals surface area contributed by atoms with Crippen LogP contribution in [0.1, 0.15) is 5.56 Å². The van der Waals surface area contributed by atoms with Crippen LogP contribution in [-0.4, -0.2) is 20.4 Å². The molecule has 0 saturated carbocycles. The minimum atomic E-state index is -3.33. The molecule has 0 aliphatic heterocycles. The number of nitrogens with zero attached hydrogens (tertiary/aromatic N) is 1. The predicted molar refractivity (Wildman–Crippen MR) is 45.2 cm³/mol. The first-order valence-corrected chi connectivity index (χ1v) is 4.90. The van der Waals surface area contributed by atoms with Crippen molar-refractivity contribution in [3.63, 3.8) is 0 Å². The summed E-state index contributed by atoms with van der Waals surface area (Å²) in [5.74, 6) is 0. The Morgan fingerprint density at radius 2 is 2.08 bits per heavy atom. The lowest BCUT2D eigenvalue weighted by atomic mass is 10.3. The number of pyridine rings is 1. The molecule has 0 amide bonds. The van der Waals surface area contributed by atoms with Gasteiger partial charge >= 0.3 is 0 Å². The normalized spacial score (nSPS) is 11.5. The van der Waals surface area contributed by atoms with Gasteiger partial charge < -0.3 is 0 Å². The maximum atomic E-state index is 11.2. The van der Waals surface area contributed by atoms with Crippen molar-refractivity contribution in [2.45, 2.75) is 11.8 Å². The zero-order valence-corrected chi connectivity index (χ0v) is 7.72. The number of aryl methyl sites for hydroxylation is 1. The summed E-state index contributed by atoms with van der Waals surface area (Å²) < 4.78 is 24.6. The molecule has 1 aromatic rings. The summed E-state index contributed by atoms with van der Waals surface area (Å²) in [5.41, 5.74) is 0.825.